The molecule has 0 aliphatic carbocycles. The lowest BCUT2D eigenvalue weighted by molar-refractivity contribution is 1.19. The van der Waals surface area contributed by atoms with Crippen LogP contribution in [0.4, 0.5) is 0 Å². The third-order valence-corrected chi connectivity index (χ3v) is 9.76. The fourth-order valence-corrected chi connectivity index (χ4v) is 7.57. The van der Waals surface area contributed by atoms with Crippen molar-refractivity contribution >= 4 is 53.1 Å². The zero-order chi connectivity index (χ0) is 29.7. The molecule has 7 aromatic carbocycles. The van der Waals surface area contributed by atoms with Crippen LogP contribution in [0.15, 0.2) is 158 Å². The highest BCUT2D eigenvalue weighted by Gasteiger charge is 2.17. The van der Waals surface area contributed by atoms with Crippen molar-refractivity contribution < 1.29 is 0 Å². The first-order valence-corrected chi connectivity index (χ1v) is 16.0. The highest BCUT2D eigenvalue weighted by Crippen LogP contribution is 2.43. The van der Waals surface area contributed by atoms with Crippen LogP contribution in [0.5, 0.6) is 0 Å². The molecule has 9 aromatic rings. The molecule has 210 valence electrons. The summed E-state index contributed by atoms with van der Waals surface area (Å²) >= 11 is 1.84. The summed E-state index contributed by atoms with van der Waals surface area (Å²) < 4.78 is 2.55. The van der Waals surface area contributed by atoms with E-state index in [4.69, 9.17) is 9.97 Å². The van der Waals surface area contributed by atoms with Crippen LogP contribution in [0.1, 0.15) is 0 Å². The average molecular weight is 591 g/mol. The van der Waals surface area contributed by atoms with Gasteiger partial charge in [-0.05, 0) is 69.1 Å². The second-order valence-electron chi connectivity index (χ2n) is 11.4. The monoisotopic (exact) mass is 590 g/mol. The number of fused-ring (bicyclic) bond motifs is 5. The second kappa shape index (κ2) is 10.5. The third-order valence-electron chi connectivity index (χ3n) is 8.64. The summed E-state index contributed by atoms with van der Waals surface area (Å²) in [7, 11) is 0. The predicted octanol–water partition coefficient (Wildman–Crippen LogP) is 11.8. The minimum Gasteiger partial charge on any atom is -0.228 e. The van der Waals surface area contributed by atoms with E-state index in [0.29, 0.717) is 0 Å². The summed E-state index contributed by atoms with van der Waals surface area (Å²) in [6.45, 7) is 0. The van der Waals surface area contributed by atoms with Gasteiger partial charge in [0.1, 0.15) is 0 Å². The van der Waals surface area contributed by atoms with Crippen LogP contribution in [-0.4, -0.2) is 9.97 Å². The number of aromatic nitrogens is 2. The summed E-state index contributed by atoms with van der Waals surface area (Å²) in [4.78, 5) is 10.4. The summed E-state index contributed by atoms with van der Waals surface area (Å²) in [6.07, 6.45) is 0. The summed E-state index contributed by atoms with van der Waals surface area (Å²) in [5.41, 5.74) is 7.40. The zero-order valence-corrected chi connectivity index (χ0v) is 25.1. The maximum Gasteiger partial charge on any atom is 0.160 e. The van der Waals surface area contributed by atoms with Gasteiger partial charge < -0.3 is 0 Å². The lowest BCUT2D eigenvalue weighted by Crippen LogP contribution is -1.96. The van der Waals surface area contributed by atoms with E-state index in [2.05, 4.69) is 158 Å². The second-order valence-corrected chi connectivity index (χ2v) is 12.5. The van der Waals surface area contributed by atoms with Gasteiger partial charge in [0.15, 0.2) is 5.82 Å². The normalized spacial score (nSPS) is 11.6. The maximum absolute atomic E-state index is 5.26. The Hall–Kier alpha value is -5.64. The lowest BCUT2D eigenvalue weighted by atomic mass is 9.95. The molecule has 0 aliphatic rings. The highest BCUT2D eigenvalue weighted by molar-refractivity contribution is 7.26. The van der Waals surface area contributed by atoms with E-state index in [1.165, 1.54) is 52.8 Å². The van der Waals surface area contributed by atoms with Gasteiger partial charge >= 0.3 is 0 Å². The Labute approximate surface area is 264 Å². The molecule has 45 heavy (non-hydrogen) atoms. The number of hydrogen-bond acceptors (Lipinski definition) is 3. The van der Waals surface area contributed by atoms with Crippen molar-refractivity contribution in [2.45, 2.75) is 0 Å². The molecule has 0 amide bonds. The van der Waals surface area contributed by atoms with E-state index in [0.717, 1.165) is 33.9 Å². The molecule has 9 rings (SSSR count). The average Bonchev–Trinajstić information content (AvgIpc) is 3.49. The minimum absolute atomic E-state index is 0.721. The number of hydrogen-bond donors (Lipinski definition) is 0. The van der Waals surface area contributed by atoms with Crippen LogP contribution in [0.3, 0.4) is 0 Å². The highest BCUT2D eigenvalue weighted by atomic mass is 32.1. The third kappa shape index (κ3) is 4.57. The van der Waals surface area contributed by atoms with Crippen molar-refractivity contribution in [1.29, 1.82) is 0 Å². The van der Waals surface area contributed by atoms with Gasteiger partial charge in [0.25, 0.3) is 0 Å². The van der Waals surface area contributed by atoms with Crippen LogP contribution in [-0.2, 0) is 0 Å². The van der Waals surface area contributed by atoms with E-state index in [1.54, 1.807) is 0 Å². The van der Waals surface area contributed by atoms with Crippen LogP contribution >= 0.6 is 11.3 Å². The number of nitrogens with zero attached hydrogens (tertiary/aromatic N) is 2. The topological polar surface area (TPSA) is 25.8 Å². The van der Waals surface area contributed by atoms with Gasteiger partial charge in [-0.25, -0.2) is 9.97 Å². The lowest BCUT2D eigenvalue weighted by Gasteiger charge is -2.13. The quantitative estimate of drug-likeness (QED) is 0.204. The van der Waals surface area contributed by atoms with Crippen LogP contribution < -0.4 is 0 Å². The number of rotatable bonds is 4. The first-order valence-electron chi connectivity index (χ1n) is 15.2. The largest absolute Gasteiger partial charge is 0.228 e. The zero-order valence-electron chi connectivity index (χ0n) is 24.3. The maximum atomic E-state index is 5.26. The van der Waals surface area contributed by atoms with Gasteiger partial charge in [-0.2, -0.15) is 0 Å². The summed E-state index contributed by atoms with van der Waals surface area (Å²) in [6, 6.07) is 56.2. The molecule has 0 N–H and O–H groups in total. The Morgan fingerprint density at radius 3 is 1.73 bits per heavy atom. The van der Waals surface area contributed by atoms with Gasteiger partial charge in [0, 0.05) is 36.9 Å². The van der Waals surface area contributed by atoms with Crippen molar-refractivity contribution in [2.75, 3.05) is 0 Å². The van der Waals surface area contributed by atoms with Gasteiger partial charge in [-0.1, -0.05) is 121 Å². The van der Waals surface area contributed by atoms with Crippen molar-refractivity contribution in [3.8, 4) is 45.0 Å². The Bertz CT molecular complexity index is 2450. The smallest absolute Gasteiger partial charge is 0.160 e. The van der Waals surface area contributed by atoms with E-state index in [1.807, 2.05) is 11.3 Å². The minimum atomic E-state index is 0.721. The van der Waals surface area contributed by atoms with E-state index in [-0.39, 0.29) is 0 Å². The Morgan fingerprint density at radius 2 is 0.978 bits per heavy atom. The van der Waals surface area contributed by atoms with Gasteiger partial charge in [0.05, 0.1) is 11.4 Å². The Morgan fingerprint density at radius 1 is 0.378 bits per heavy atom. The molecular formula is C42H26N2S. The number of thiophene rings is 1. The summed E-state index contributed by atoms with van der Waals surface area (Å²) in [5.74, 6) is 0.721. The molecule has 2 nitrogen and oxygen atoms in total. The van der Waals surface area contributed by atoms with Gasteiger partial charge in [0.2, 0.25) is 0 Å². The molecule has 0 saturated heterocycles. The molecule has 0 bridgehead atoms. The molecule has 2 aromatic heterocycles. The molecule has 0 atom stereocenters. The van der Waals surface area contributed by atoms with Crippen molar-refractivity contribution in [1.82, 2.24) is 9.97 Å². The van der Waals surface area contributed by atoms with E-state index in [9.17, 15) is 0 Å². The van der Waals surface area contributed by atoms with Crippen molar-refractivity contribution in [2.24, 2.45) is 0 Å². The molecule has 2 heterocycles. The Kier molecular flexibility index (Phi) is 6.03. The first kappa shape index (κ1) is 25.8. The molecule has 0 spiro atoms. The van der Waals surface area contributed by atoms with Crippen molar-refractivity contribution in [3.05, 3.63) is 158 Å². The van der Waals surface area contributed by atoms with E-state index < -0.39 is 0 Å². The van der Waals surface area contributed by atoms with Gasteiger partial charge in [-0.15, -0.1) is 11.3 Å². The molecule has 0 unspecified atom stereocenters. The van der Waals surface area contributed by atoms with Crippen LogP contribution in [0.25, 0.3) is 86.7 Å². The fourth-order valence-electron chi connectivity index (χ4n) is 6.40. The standard InChI is InChI=1S/C42H26N2S/c1-2-12-29(13-3-1)36-24-34(25-40-41(36)35-16-8-9-17-39(35)45-40)38-26-37(32-20-18-27-10-4-6-14-30(27)22-32)43-42(44-38)33-21-19-28-11-5-7-15-31(28)23-33/h1-26H. The first-order chi connectivity index (χ1) is 22.3. The fraction of sp³-hybridized carbons (Fsp3) is 0. The summed E-state index contributed by atoms with van der Waals surface area (Å²) in [5, 5.41) is 7.38. The van der Waals surface area contributed by atoms with Crippen LogP contribution in [0, 0.1) is 0 Å². The molecule has 0 fully saturated rings. The molecule has 0 saturated carbocycles. The van der Waals surface area contributed by atoms with Gasteiger partial charge in [-0.3, -0.25) is 0 Å². The SMILES string of the molecule is c1ccc(-c2cc(-c3cc(-c4ccc5ccccc5c4)nc(-c4ccc5ccccc5c4)n3)cc3sc4ccccc4c23)cc1. The Balaban J connectivity index is 1.31. The molecular weight excluding hydrogens is 565 g/mol. The van der Waals surface area contributed by atoms with E-state index >= 15 is 0 Å². The van der Waals surface area contributed by atoms with Crippen LogP contribution in [0.2, 0.25) is 0 Å². The number of benzene rings is 7. The molecule has 3 heteroatoms. The van der Waals surface area contributed by atoms with Crippen molar-refractivity contribution in [3.63, 3.8) is 0 Å². The molecule has 0 aliphatic heterocycles. The molecule has 0 radical (unpaired) electrons. The predicted molar refractivity (Wildman–Crippen MR) is 192 cm³/mol.